The third kappa shape index (κ3) is 8.34. The third-order valence-corrected chi connectivity index (χ3v) is 5.79. The molecule has 2 aromatic carbocycles. The molecule has 0 spiro atoms. The average molecular weight is 502 g/mol. The molecule has 194 valence electrons. The van der Waals surface area contributed by atoms with Crippen molar-refractivity contribution in [2.75, 3.05) is 6.54 Å². The highest BCUT2D eigenvalue weighted by Gasteiger charge is 2.48. The van der Waals surface area contributed by atoms with Crippen molar-refractivity contribution in [1.29, 1.82) is 0 Å². The zero-order valence-electron chi connectivity index (χ0n) is 20.7. The van der Waals surface area contributed by atoms with Crippen LogP contribution < -0.4 is 16.4 Å². The van der Waals surface area contributed by atoms with Gasteiger partial charge in [0.1, 0.15) is 0 Å². The number of halogens is 2. The fraction of sp³-hybridized carbons (Fsp3) is 0.407. The fourth-order valence-corrected chi connectivity index (χ4v) is 3.83. The number of hydrogen-bond donors (Lipinski definition) is 3. The van der Waals surface area contributed by atoms with Crippen LogP contribution in [0.1, 0.15) is 44.4 Å². The molecular formula is C27H33F2N3O4. The summed E-state index contributed by atoms with van der Waals surface area (Å²) in [5, 5.41) is 4.80. The molecule has 4 N–H and O–H groups in total. The predicted octanol–water partition coefficient (Wildman–Crippen LogP) is 2.99. The molecular weight excluding hydrogens is 468 g/mol. The topological polar surface area (TPSA) is 118 Å². The Bertz CT molecular complexity index is 1050. The molecule has 0 aliphatic heterocycles. The lowest BCUT2D eigenvalue weighted by atomic mass is 9.81. The van der Waals surface area contributed by atoms with Crippen molar-refractivity contribution in [3.8, 4) is 0 Å². The molecule has 2 amide bonds. The summed E-state index contributed by atoms with van der Waals surface area (Å²) in [4.78, 5) is 50.1. The number of nitrogens with one attached hydrogen (secondary N) is 2. The number of ketones is 2. The van der Waals surface area contributed by atoms with E-state index in [0.717, 1.165) is 0 Å². The molecule has 7 nitrogen and oxygen atoms in total. The minimum Gasteiger partial charge on any atom is -0.347 e. The molecule has 2 rings (SSSR count). The first-order valence-corrected chi connectivity index (χ1v) is 11.8. The van der Waals surface area contributed by atoms with Crippen LogP contribution in [0, 0.1) is 11.8 Å². The highest BCUT2D eigenvalue weighted by molar-refractivity contribution is 6.08. The third-order valence-electron chi connectivity index (χ3n) is 5.79. The molecule has 1 unspecified atom stereocenters. The Morgan fingerprint density at radius 1 is 0.944 bits per heavy atom. The SMILES string of the molecule is CC(=O)NCC(=O)N[C@H](C(=O)[C@H](Cc1ccccc1)C(=O)C(F)(F)CC(N)c1ccccc1)C(C)C. The van der Waals surface area contributed by atoms with Crippen molar-refractivity contribution in [2.45, 2.75) is 51.6 Å². The fourth-order valence-electron chi connectivity index (χ4n) is 3.83. The lowest BCUT2D eigenvalue weighted by Crippen LogP contribution is -2.53. The quantitative estimate of drug-likeness (QED) is 0.365. The summed E-state index contributed by atoms with van der Waals surface area (Å²) < 4.78 is 30.6. The lowest BCUT2D eigenvalue weighted by molar-refractivity contribution is -0.153. The number of benzene rings is 2. The number of carbonyl (C=O) groups excluding carboxylic acids is 4. The number of Topliss-reactive ketones (excluding diaryl/α,β-unsaturated/α-hetero) is 2. The Kier molecular flexibility index (Phi) is 10.4. The van der Waals surface area contributed by atoms with Crippen LogP contribution in [0.15, 0.2) is 60.7 Å². The maximum Gasteiger partial charge on any atom is 0.307 e. The van der Waals surface area contributed by atoms with Gasteiger partial charge in [0.15, 0.2) is 5.78 Å². The van der Waals surface area contributed by atoms with Crippen molar-refractivity contribution in [1.82, 2.24) is 10.6 Å². The summed E-state index contributed by atoms with van der Waals surface area (Å²) in [5.41, 5.74) is 6.94. The van der Waals surface area contributed by atoms with Gasteiger partial charge in [0.05, 0.1) is 18.5 Å². The number of amides is 2. The summed E-state index contributed by atoms with van der Waals surface area (Å²) in [6.07, 6.45) is -1.21. The van der Waals surface area contributed by atoms with Gasteiger partial charge >= 0.3 is 5.92 Å². The van der Waals surface area contributed by atoms with E-state index >= 15 is 8.78 Å². The zero-order valence-corrected chi connectivity index (χ0v) is 20.7. The van der Waals surface area contributed by atoms with Gasteiger partial charge in [-0.2, -0.15) is 8.78 Å². The van der Waals surface area contributed by atoms with Gasteiger partial charge in [-0.15, -0.1) is 0 Å². The van der Waals surface area contributed by atoms with Gasteiger partial charge in [-0.25, -0.2) is 0 Å². The Hall–Kier alpha value is -3.46. The molecule has 0 aromatic heterocycles. The summed E-state index contributed by atoms with van der Waals surface area (Å²) in [6, 6.07) is 14.3. The molecule has 0 fully saturated rings. The van der Waals surface area contributed by atoms with Crippen LogP contribution in [-0.4, -0.2) is 41.9 Å². The van der Waals surface area contributed by atoms with Crippen LogP contribution in [0.25, 0.3) is 0 Å². The summed E-state index contributed by atoms with van der Waals surface area (Å²) in [6.45, 7) is 4.11. The molecule has 3 atom stereocenters. The molecule has 0 aliphatic rings. The molecule has 36 heavy (non-hydrogen) atoms. The van der Waals surface area contributed by atoms with Gasteiger partial charge in [-0.05, 0) is 23.5 Å². The standard InChI is InChI=1S/C27H33F2N3O4/c1-17(2)24(32-23(34)16-31-18(3)33)25(35)21(14-19-10-6-4-7-11-19)26(36)27(28,29)15-22(30)20-12-8-5-9-13-20/h4-13,17,21-22,24H,14-16,30H2,1-3H3,(H,31,33)(H,32,34)/t21-,22?,24-/m0/s1. The van der Waals surface area contributed by atoms with E-state index in [0.29, 0.717) is 11.1 Å². The van der Waals surface area contributed by atoms with E-state index in [-0.39, 0.29) is 13.0 Å². The number of alkyl halides is 2. The highest BCUT2D eigenvalue weighted by atomic mass is 19.3. The van der Waals surface area contributed by atoms with E-state index < -0.39 is 59.6 Å². The predicted molar refractivity (Wildman–Crippen MR) is 132 cm³/mol. The molecule has 0 heterocycles. The highest BCUT2D eigenvalue weighted by Crippen LogP contribution is 2.32. The Labute approximate surface area is 209 Å². The molecule has 0 saturated carbocycles. The second-order valence-corrected chi connectivity index (χ2v) is 9.13. The van der Waals surface area contributed by atoms with Crippen molar-refractivity contribution < 1.29 is 28.0 Å². The van der Waals surface area contributed by atoms with E-state index in [9.17, 15) is 19.2 Å². The van der Waals surface area contributed by atoms with E-state index in [4.69, 9.17) is 5.73 Å². The van der Waals surface area contributed by atoms with Crippen molar-refractivity contribution >= 4 is 23.4 Å². The van der Waals surface area contributed by atoms with Crippen molar-refractivity contribution in [2.24, 2.45) is 17.6 Å². The maximum absolute atomic E-state index is 15.3. The summed E-state index contributed by atoms with van der Waals surface area (Å²) in [7, 11) is 0. The van der Waals surface area contributed by atoms with Gasteiger partial charge in [0.2, 0.25) is 17.6 Å². The van der Waals surface area contributed by atoms with Crippen LogP contribution in [0.5, 0.6) is 0 Å². The molecule has 0 aliphatic carbocycles. The van der Waals surface area contributed by atoms with E-state index in [1.54, 1.807) is 74.5 Å². The number of rotatable bonds is 13. The van der Waals surface area contributed by atoms with Crippen LogP contribution in [0.2, 0.25) is 0 Å². The lowest BCUT2D eigenvalue weighted by Gasteiger charge is -2.28. The van der Waals surface area contributed by atoms with Gasteiger partial charge < -0.3 is 16.4 Å². The second kappa shape index (κ2) is 13.0. The van der Waals surface area contributed by atoms with E-state index in [1.807, 2.05) is 0 Å². The number of carbonyl (C=O) groups is 4. The van der Waals surface area contributed by atoms with Gasteiger partial charge in [0.25, 0.3) is 0 Å². The van der Waals surface area contributed by atoms with Crippen LogP contribution >= 0.6 is 0 Å². The van der Waals surface area contributed by atoms with Gasteiger partial charge in [-0.1, -0.05) is 74.5 Å². The monoisotopic (exact) mass is 501 g/mol. The molecule has 0 radical (unpaired) electrons. The molecule has 2 aromatic rings. The summed E-state index contributed by atoms with van der Waals surface area (Å²) in [5.74, 6) is -9.55. The molecule has 0 bridgehead atoms. The Morgan fingerprint density at radius 2 is 1.50 bits per heavy atom. The minimum absolute atomic E-state index is 0.251. The zero-order chi connectivity index (χ0) is 26.9. The largest absolute Gasteiger partial charge is 0.347 e. The minimum atomic E-state index is -3.88. The first-order valence-electron chi connectivity index (χ1n) is 11.8. The van der Waals surface area contributed by atoms with E-state index in [1.165, 1.54) is 6.92 Å². The molecule has 9 heteroatoms. The number of nitrogens with two attached hydrogens (primary N) is 1. The average Bonchev–Trinajstić information content (AvgIpc) is 2.84. The van der Waals surface area contributed by atoms with E-state index in [2.05, 4.69) is 10.6 Å². The van der Waals surface area contributed by atoms with Crippen LogP contribution in [0.4, 0.5) is 8.78 Å². The summed E-state index contributed by atoms with van der Waals surface area (Å²) >= 11 is 0. The smallest absolute Gasteiger partial charge is 0.307 e. The van der Waals surface area contributed by atoms with Crippen molar-refractivity contribution in [3.05, 3.63) is 71.8 Å². The van der Waals surface area contributed by atoms with Crippen LogP contribution in [-0.2, 0) is 25.6 Å². The Morgan fingerprint density at radius 3 is 2.03 bits per heavy atom. The number of hydrogen-bond acceptors (Lipinski definition) is 5. The van der Waals surface area contributed by atoms with Crippen LogP contribution in [0.3, 0.4) is 0 Å². The van der Waals surface area contributed by atoms with Crippen molar-refractivity contribution in [3.63, 3.8) is 0 Å². The first kappa shape index (κ1) is 28.8. The first-order chi connectivity index (χ1) is 16.9. The van der Waals surface area contributed by atoms with Gasteiger partial charge in [-0.3, -0.25) is 19.2 Å². The van der Waals surface area contributed by atoms with Gasteiger partial charge in [0, 0.05) is 19.4 Å². The second-order valence-electron chi connectivity index (χ2n) is 9.13. The Balaban J connectivity index is 2.33. The normalized spacial score (nSPS) is 14.0. The molecule has 0 saturated heterocycles. The maximum atomic E-state index is 15.3.